The Balaban J connectivity index is 2.04. The maximum atomic E-state index is 10.9. The molecule has 0 radical (unpaired) electrons. The predicted molar refractivity (Wildman–Crippen MR) is 58.9 cm³/mol. The molecule has 2 rings (SSSR count). The van der Waals surface area contributed by atoms with Crippen LogP contribution in [0.25, 0.3) is 5.69 Å². The average Bonchev–Trinajstić information content (AvgIpc) is 2.86. The van der Waals surface area contributed by atoms with Crippen LogP contribution in [0.15, 0.2) is 36.7 Å². The van der Waals surface area contributed by atoms with Gasteiger partial charge in [-0.1, -0.05) is 18.2 Å². The molecule has 0 aliphatic carbocycles. The first-order valence-electron chi connectivity index (χ1n) is 4.96. The van der Waals surface area contributed by atoms with Crippen molar-refractivity contribution in [3.05, 3.63) is 36.7 Å². The van der Waals surface area contributed by atoms with E-state index in [1.807, 2.05) is 30.3 Å². The number of ether oxygens (including phenoxy) is 2. The molecule has 0 N–H and O–H groups in total. The number of carbonyl (C=O) groups is 1. The molecular weight excluding hydrogens is 222 g/mol. The van der Waals surface area contributed by atoms with Gasteiger partial charge in [-0.05, 0) is 12.1 Å². The Hall–Kier alpha value is -2.37. The number of benzene rings is 1. The summed E-state index contributed by atoms with van der Waals surface area (Å²) < 4.78 is 11.0. The van der Waals surface area contributed by atoms with E-state index in [0.29, 0.717) is 0 Å². The summed E-state index contributed by atoms with van der Waals surface area (Å²) in [7, 11) is 1.29. The van der Waals surface area contributed by atoms with Crippen molar-refractivity contribution in [2.24, 2.45) is 0 Å². The van der Waals surface area contributed by atoms with E-state index >= 15 is 0 Å². The van der Waals surface area contributed by atoms with Crippen LogP contribution in [0.1, 0.15) is 0 Å². The minimum Gasteiger partial charge on any atom is -0.466 e. The second-order valence-corrected chi connectivity index (χ2v) is 3.17. The highest BCUT2D eigenvalue weighted by atomic mass is 16.6. The zero-order valence-electron chi connectivity index (χ0n) is 9.24. The molecule has 88 valence electrons. The van der Waals surface area contributed by atoms with Crippen LogP contribution >= 0.6 is 0 Å². The highest BCUT2D eigenvalue weighted by Crippen LogP contribution is 2.07. The summed E-state index contributed by atoms with van der Waals surface area (Å²) >= 11 is 0. The van der Waals surface area contributed by atoms with Crippen molar-refractivity contribution in [1.29, 1.82) is 0 Å². The molecule has 0 spiro atoms. The highest BCUT2D eigenvalue weighted by Gasteiger charge is 2.06. The predicted octanol–water partition coefficient (Wildman–Crippen LogP) is 0.819. The van der Waals surface area contributed by atoms with E-state index in [0.717, 1.165) is 5.69 Å². The van der Waals surface area contributed by atoms with Crippen LogP contribution < -0.4 is 4.74 Å². The lowest BCUT2D eigenvalue weighted by molar-refractivity contribution is -0.143. The smallest absolute Gasteiger partial charge is 0.344 e. The SMILES string of the molecule is COC(=O)COc1ncn(-c2ccccc2)n1. The van der Waals surface area contributed by atoms with Gasteiger partial charge in [0.25, 0.3) is 0 Å². The fourth-order valence-corrected chi connectivity index (χ4v) is 1.20. The van der Waals surface area contributed by atoms with Crippen LogP contribution in [-0.2, 0) is 9.53 Å². The third kappa shape index (κ3) is 2.81. The fourth-order valence-electron chi connectivity index (χ4n) is 1.20. The van der Waals surface area contributed by atoms with Gasteiger partial charge in [-0.2, -0.15) is 4.98 Å². The largest absolute Gasteiger partial charge is 0.466 e. The molecule has 0 atom stereocenters. The second kappa shape index (κ2) is 5.11. The number of hydrogen-bond acceptors (Lipinski definition) is 5. The van der Waals surface area contributed by atoms with Gasteiger partial charge in [0.15, 0.2) is 6.61 Å². The molecule has 1 heterocycles. The standard InChI is InChI=1S/C11H11N3O3/c1-16-10(15)7-17-11-12-8-14(13-11)9-5-3-2-4-6-9/h2-6,8H,7H2,1H3. The second-order valence-electron chi connectivity index (χ2n) is 3.17. The quantitative estimate of drug-likeness (QED) is 0.731. The molecule has 2 aromatic rings. The summed E-state index contributed by atoms with van der Waals surface area (Å²) in [5.41, 5.74) is 0.868. The van der Waals surface area contributed by atoms with Crippen LogP contribution in [0, 0.1) is 0 Å². The summed E-state index contributed by atoms with van der Waals surface area (Å²) in [6.45, 7) is -0.199. The van der Waals surface area contributed by atoms with Gasteiger partial charge < -0.3 is 9.47 Å². The van der Waals surface area contributed by atoms with Crippen LogP contribution in [0.4, 0.5) is 0 Å². The number of methoxy groups -OCH3 is 1. The first-order chi connectivity index (χ1) is 8.29. The average molecular weight is 233 g/mol. The summed E-state index contributed by atoms with van der Waals surface area (Å²) in [5.74, 6) is -0.471. The number of hydrogen-bond donors (Lipinski definition) is 0. The summed E-state index contributed by atoms with van der Waals surface area (Å²) in [4.78, 5) is 14.8. The summed E-state index contributed by atoms with van der Waals surface area (Å²) in [6.07, 6.45) is 1.52. The van der Waals surface area contributed by atoms with Crippen molar-refractivity contribution in [3.63, 3.8) is 0 Å². The van der Waals surface area contributed by atoms with Crippen molar-refractivity contribution < 1.29 is 14.3 Å². The molecular formula is C11H11N3O3. The number of para-hydroxylation sites is 1. The number of esters is 1. The maximum Gasteiger partial charge on any atom is 0.344 e. The van der Waals surface area contributed by atoms with E-state index in [1.165, 1.54) is 13.4 Å². The first kappa shape index (κ1) is 11.1. The van der Waals surface area contributed by atoms with E-state index in [-0.39, 0.29) is 12.6 Å². The van der Waals surface area contributed by atoms with Crippen LogP contribution in [0.2, 0.25) is 0 Å². The Morgan fingerprint density at radius 2 is 2.12 bits per heavy atom. The molecule has 17 heavy (non-hydrogen) atoms. The van der Waals surface area contributed by atoms with Gasteiger partial charge in [-0.3, -0.25) is 0 Å². The normalized spacial score (nSPS) is 9.94. The topological polar surface area (TPSA) is 66.2 Å². The molecule has 1 aromatic heterocycles. The molecule has 0 saturated heterocycles. The Labute approximate surface area is 97.8 Å². The number of carbonyl (C=O) groups excluding carboxylic acids is 1. The van der Waals surface area contributed by atoms with Gasteiger partial charge in [0.05, 0.1) is 12.8 Å². The zero-order chi connectivity index (χ0) is 12.1. The lowest BCUT2D eigenvalue weighted by Crippen LogP contribution is -2.13. The molecule has 1 aromatic carbocycles. The number of nitrogens with zero attached hydrogens (tertiary/aromatic N) is 3. The van der Waals surface area contributed by atoms with Crippen molar-refractivity contribution in [3.8, 4) is 11.7 Å². The molecule has 0 amide bonds. The molecule has 0 saturated carbocycles. The van der Waals surface area contributed by atoms with Crippen LogP contribution in [0.3, 0.4) is 0 Å². The third-order valence-corrected chi connectivity index (χ3v) is 2.04. The van der Waals surface area contributed by atoms with Gasteiger partial charge in [-0.15, -0.1) is 5.10 Å². The van der Waals surface area contributed by atoms with Crippen molar-refractivity contribution in [2.45, 2.75) is 0 Å². The maximum absolute atomic E-state index is 10.9. The number of aromatic nitrogens is 3. The van der Waals surface area contributed by atoms with Gasteiger partial charge in [-0.25, -0.2) is 9.48 Å². The van der Waals surface area contributed by atoms with Gasteiger partial charge in [0.2, 0.25) is 0 Å². The van der Waals surface area contributed by atoms with E-state index in [2.05, 4.69) is 14.8 Å². The first-order valence-corrected chi connectivity index (χ1v) is 4.96. The highest BCUT2D eigenvalue weighted by molar-refractivity contribution is 5.70. The van der Waals surface area contributed by atoms with Gasteiger partial charge in [0, 0.05) is 0 Å². The molecule has 0 unspecified atom stereocenters. The monoisotopic (exact) mass is 233 g/mol. The Bertz CT molecular complexity index is 496. The molecule has 6 nitrogen and oxygen atoms in total. The molecule has 0 aliphatic heterocycles. The third-order valence-electron chi connectivity index (χ3n) is 2.04. The van der Waals surface area contributed by atoms with Crippen LogP contribution in [-0.4, -0.2) is 34.5 Å². The van der Waals surface area contributed by atoms with E-state index in [1.54, 1.807) is 4.68 Å². The molecule has 0 bridgehead atoms. The van der Waals surface area contributed by atoms with E-state index < -0.39 is 5.97 Å². The van der Waals surface area contributed by atoms with Gasteiger partial charge >= 0.3 is 12.0 Å². The Morgan fingerprint density at radius 1 is 1.35 bits per heavy atom. The number of rotatable bonds is 4. The van der Waals surface area contributed by atoms with Crippen molar-refractivity contribution >= 4 is 5.97 Å². The van der Waals surface area contributed by atoms with E-state index in [4.69, 9.17) is 4.74 Å². The molecule has 6 heteroatoms. The lowest BCUT2D eigenvalue weighted by atomic mass is 10.3. The summed E-state index contributed by atoms with van der Waals surface area (Å²) in [5, 5.41) is 4.06. The van der Waals surface area contributed by atoms with Crippen molar-refractivity contribution in [2.75, 3.05) is 13.7 Å². The molecule has 0 aliphatic rings. The van der Waals surface area contributed by atoms with Gasteiger partial charge in [0.1, 0.15) is 6.33 Å². The Morgan fingerprint density at radius 3 is 2.82 bits per heavy atom. The fraction of sp³-hybridized carbons (Fsp3) is 0.182. The lowest BCUT2D eigenvalue weighted by Gasteiger charge is -1.99. The zero-order valence-corrected chi connectivity index (χ0v) is 9.24. The minimum atomic E-state index is -0.471. The van der Waals surface area contributed by atoms with E-state index in [9.17, 15) is 4.79 Å². The van der Waals surface area contributed by atoms with Crippen LogP contribution in [0.5, 0.6) is 6.01 Å². The minimum absolute atomic E-state index is 0.138. The summed E-state index contributed by atoms with van der Waals surface area (Å²) in [6, 6.07) is 9.61. The molecule has 0 fully saturated rings. The Kier molecular flexibility index (Phi) is 3.34. The van der Waals surface area contributed by atoms with Crippen molar-refractivity contribution in [1.82, 2.24) is 14.8 Å².